The van der Waals surface area contributed by atoms with Gasteiger partial charge in [-0.15, -0.1) is 0 Å². The summed E-state index contributed by atoms with van der Waals surface area (Å²) in [5.74, 6) is 0.705. The number of methoxy groups -OCH3 is 1. The topological polar surface area (TPSA) is 94.6 Å². The Balaban J connectivity index is 2.10. The number of rotatable bonds is 8. The third-order valence-electron chi connectivity index (χ3n) is 4.28. The number of nitro benzene ring substituents is 1. The van der Waals surface area contributed by atoms with Crippen LogP contribution in [0.2, 0.25) is 0 Å². The molecule has 3 aromatic rings. The Labute approximate surface area is 156 Å². The van der Waals surface area contributed by atoms with Gasteiger partial charge in [0.2, 0.25) is 5.88 Å². The summed E-state index contributed by atoms with van der Waals surface area (Å²) >= 11 is 0. The normalized spacial score (nSPS) is 10.7. The van der Waals surface area contributed by atoms with Crippen LogP contribution in [0.4, 0.5) is 11.6 Å². The number of furan rings is 1. The first-order valence-corrected chi connectivity index (χ1v) is 8.68. The van der Waals surface area contributed by atoms with Gasteiger partial charge >= 0.3 is 0 Å². The lowest BCUT2D eigenvalue weighted by molar-refractivity contribution is -0.384. The number of unbranched alkanes of at least 4 members (excludes halogenated alkanes) is 1. The highest BCUT2D eigenvalue weighted by atomic mass is 16.6. The second kappa shape index (κ2) is 7.90. The molecule has 0 saturated carbocycles. The summed E-state index contributed by atoms with van der Waals surface area (Å²) in [5.41, 5.74) is 1.09. The molecule has 7 nitrogen and oxygen atoms in total. The molecule has 27 heavy (non-hydrogen) atoms. The number of ether oxygens (including phenoxy) is 1. The van der Waals surface area contributed by atoms with Gasteiger partial charge in [0.1, 0.15) is 11.3 Å². The van der Waals surface area contributed by atoms with Crippen molar-refractivity contribution in [3.05, 3.63) is 63.7 Å². The van der Waals surface area contributed by atoms with Gasteiger partial charge in [0.25, 0.3) is 5.69 Å². The fourth-order valence-corrected chi connectivity index (χ4v) is 2.81. The van der Waals surface area contributed by atoms with Crippen LogP contribution in [0.3, 0.4) is 0 Å². The quantitative estimate of drug-likeness (QED) is 0.266. The van der Waals surface area contributed by atoms with E-state index in [9.17, 15) is 14.9 Å². The molecule has 0 saturated heterocycles. The molecule has 0 bridgehead atoms. The van der Waals surface area contributed by atoms with Crippen LogP contribution in [-0.2, 0) is 0 Å². The van der Waals surface area contributed by atoms with Crippen molar-refractivity contribution in [1.29, 1.82) is 0 Å². The van der Waals surface area contributed by atoms with Gasteiger partial charge < -0.3 is 14.5 Å². The third kappa shape index (κ3) is 3.76. The molecule has 0 aliphatic heterocycles. The van der Waals surface area contributed by atoms with E-state index in [0.717, 1.165) is 12.8 Å². The summed E-state index contributed by atoms with van der Waals surface area (Å²) in [7, 11) is 1.55. The zero-order valence-corrected chi connectivity index (χ0v) is 15.2. The van der Waals surface area contributed by atoms with Crippen LogP contribution in [-0.4, -0.2) is 24.4 Å². The van der Waals surface area contributed by atoms with Crippen LogP contribution >= 0.6 is 0 Å². The summed E-state index contributed by atoms with van der Waals surface area (Å²) in [4.78, 5) is 23.8. The Hall–Kier alpha value is -3.35. The van der Waals surface area contributed by atoms with Crippen LogP contribution in [0.15, 0.2) is 46.9 Å². The van der Waals surface area contributed by atoms with Crippen LogP contribution in [0, 0.1) is 10.1 Å². The lowest BCUT2D eigenvalue weighted by Crippen LogP contribution is -2.07. The summed E-state index contributed by atoms with van der Waals surface area (Å²) in [5, 5.41) is 14.7. The van der Waals surface area contributed by atoms with Gasteiger partial charge in [0.05, 0.1) is 17.6 Å². The van der Waals surface area contributed by atoms with Gasteiger partial charge in [-0.25, -0.2) is 0 Å². The highest BCUT2D eigenvalue weighted by Crippen LogP contribution is 2.34. The number of hydrogen-bond acceptors (Lipinski definition) is 6. The number of ketones is 1. The van der Waals surface area contributed by atoms with Crippen molar-refractivity contribution in [2.45, 2.75) is 19.8 Å². The molecule has 0 atom stereocenters. The average Bonchev–Trinajstić information content (AvgIpc) is 3.05. The molecule has 0 aliphatic rings. The van der Waals surface area contributed by atoms with E-state index in [1.165, 1.54) is 18.2 Å². The van der Waals surface area contributed by atoms with E-state index in [4.69, 9.17) is 9.15 Å². The molecule has 1 aromatic heterocycles. The first-order valence-electron chi connectivity index (χ1n) is 8.68. The number of non-ortho nitro benzene ring substituents is 1. The lowest BCUT2D eigenvalue weighted by Gasteiger charge is -2.06. The van der Waals surface area contributed by atoms with Gasteiger partial charge in [-0.2, -0.15) is 0 Å². The molecule has 1 heterocycles. The number of carbonyl (C=O) groups is 1. The van der Waals surface area contributed by atoms with Crippen LogP contribution in [0.1, 0.15) is 35.7 Å². The Morgan fingerprint density at radius 2 is 1.96 bits per heavy atom. The van der Waals surface area contributed by atoms with Crippen LogP contribution in [0.25, 0.3) is 11.0 Å². The molecule has 0 unspecified atom stereocenters. The van der Waals surface area contributed by atoms with E-state index in [1.54, 1.807) is 31.4 Å². The van der Waals surface area contributed by atoms with Crippen molar-refractivity contribution < 1.29 is 18.9 Å². The summed E-state index contributed by atoms with van der Waals surface area (Å²) in [6, 6.07) is 11.0. The summed E-state index contributed by atoms with van der Waals surface area (Å²) in [6.45, 7) is 2.70. The molecule has 2 aromatic carbocycles. The minimum atomic E-state index is -0.488. The zero-order chi connectivity index (χ0) is 19.4. The van der Waals surface area contributed by atoms with Crippen molar-refractivity contribution >= 4 is 28.3 Å². The molecule has 3 rings (SSSR count). The Bertz CT molecular complexity index is 976. The van der Waals surface area contributed by atoms with Crippen LogP contribution in [0.5, 0.6) is 5.75 Å². The maximum Gasteiger partial charge on any atom is 0.270 e. The number of nitrogens with zero attached hydrogens (tertiary/aromatic N) is 1. The highest BCUT2D eigenvalue weighted by Gasteiger charge is 2.24. The SMILES string of the molecule is CCCCNc1oc2ccc([N+](=O)[O-])cc2c1C(=O)c1ccc(OC)cc1. The van der Waals surface area contributed by atoms with E-state index >= 15 is 0 Å². The number of anilines is 1. The molecule has 0 radical (unpaired) electrons. The molecule has 140 valence electrons. The van der Waals surface area contributed by atoms with Crippen LogP contribution < -0.4 is 10.1 Å². The molecule has 0 fully saturated rings. The number of nitro groups is 1. The van der Waals surface area contributed by atoms with Crippen molar-refractivity contribution in [1.82, 2.24) is 0 Å². The maximum absolute atomic E-state index is 13.1. The van der Waals surface area contributed by atoms with Crippen molar-refractivity contribution in [3.63, 3.8) is 0 Å². The van der Waals surface area contributed by atoms with Gasteiger partial charge in [-0.3, -0.25) is 14.9 Å². The molecule has 0 spiro atoms. The first kappa shape index (κ1) is 18.4. The Morgan fingerprint density at radius 3 is 2.59 bits per heavy atom. The van der Waals surface area contributed by atoms with Gasteiger partial charge in [-0.05, 0) is 36.8 Å². The predicted octanol–water partition coefficient (Wildman–Crippen LogP) is 4.79. The minimum absolute atomic E-state index is 0.0906. The van der Waals surface area contributed by atoms with E-state index < -0.39 is 4.92 Å². The largest absolute Gasteiger partial charge is 0.497 e. The number of benzene rings is 2. The smallest absolute Gasteiger partial charge is 0.270 e. The van der Waals surface area contributed by atoms with E-state index in [0.29, 0.717) is 40.3 Å². The average molecular weight is 368 g/mol. The fraction of sp³-hybridized carbons (Fsp3) is 0.250. The summed E-state index contributed by atoms with van der Waals surface area (Å²) < 4.78 is 10.9. The standard InChI is InChI=1S/C20H20N2O5/c1-3-4-11-21-20-18(19(23)13-5-8-15(26-2)9-6-13)16-12-14(22(24)25)7-10-17(16)27-20/h5-10,12,21H,3-4,11H2,1-2H3. The highest BCUT2D eigenvalue weighted by molar-refractivity contribution is 6.19. The zero-order valence-electron chi connectivity index (χ0n) is 15.2. The summed E-state index contributed by atoms with van der Waals surface area (Å²) in [6.07, 6.45) is 1.90. The second-order valence-electron chi connectivity index (χ2n) is 6.08. The van der Waals surface area contributed by atoms with E-state index in [-0.39, 0.29) is 11.5 Å². The van der Waals surface area contributed by atoms with Crippen molar-refractivity contribution in [2.24, 2.45) is 0 Å². The number of carbonyl (C=O) groups excluding carboxylic acids is 1. The molecule has 1 N–H and O–H groups in total. The molecule has 7 heteroatoms. The molecule has 0 aliphatic carbocycles. The molecular formula is C20H20N2O5. The second-order valence-corrected chi connectivity index (χ2v) is 6.08. The van der Waals surface area contributed by atoms with E-state index in [2.05, 4.69) is 12.2 Å². The predicted molar refractivity (Wildman–Crippen MR) is 103 cm³/mol. The van der Waals surface area contributed by atoms with Crippen molar-refractivity contribution in [3.8, 4) is 5.75 Å². The molecule has 0 amide bonds. The number of nitrogens with one attached hydrogen (secondary N) is 1. The Kier molecular flexibility index (Phi) is 5.40. The first-order chi connectivity index (χ1) is 13.0. The van der Waals surface area contributed by atoms with E-state index in [1.807, 2.05) is 0 Å². The lowest BCUT2D eigenvalue weighted by atomic mass is 10.0. The maximum atomic E-state index is 13.1. The third-order valence-corrected chi connectivity index (χ3v) is 4.28. The monoisotopic (exact) mass is 368 g/mol. The minimum Gasteiger partial charge on any atom is -0.497 e. The van der Waals surface area contributed by atoms with Gasteiger partial charge in [0.15, 0.2) is 5.78 Å². The number of fused-ring (bicyclic) bond motifs is 1. The van der Waals surface area contributed by atoms with Gasteiger partial charge in [0, 0.05) is 29.6 Å². The number of hydrogen-bond donors (Lipinski definition) is 1. The Morgan fingerprint density at radius 1 is 1.22 bits per heavy atom. The molecular weight excluding hydrogens is 348 g/mol. The van der Waals surface area contributed by atoms with Crippen molar-refractivity contribution in [2.75, 3.05) is 19.0 Å². The fourth-order valence-electron chi connectivity index (χ4n) is 2.81. The van der Waals surface area contributed by atoms with Gasteiger partial charge in [-0.1, -0.05) is 13.3 Å².